The van der Waals surface area contributed by atoms with Crippen molar-refractivity contribution >= 4 is 17.2 Å². The van der Waals surface area contributed by atoms with Crippen LogP contribution in [-0.2, 0) is 11.2 Å². The molecule has 3 aromatic rings. The van der Waals surface area contributed by atoms with Gasteiger partial charge in [0.05, 0.1) is 25.3 Å². The highest BCUT2D eigenvalue weighted by Gasteiger charge is 2.36. The van der Waals surface area contributed by atoms with Gasteiger partial charge in [-0.1, -0.05) is 23.5 Å². The number of nitrogens with zero attached hydrogens (tertiary/aromatic N) is 4. The number of methoxy groups -OCH3 is 2. The predicted octanol–water partition coefficient (Wildman–Crippen LogP) is 2.72. The zero-order valence-corrected chi connectivity index (χ0v) is 19.8. The predicted molar refractivity (Wildman–Crippen MR) is 124 cm³/mol. The van der Waals surface area contributed by atoms with Crippen LogP contribution in [0.25, 0.3) is 10.6 Å². The summed E-state index contributed by atoms with van der Waals surface area (Å²) < 4.78 is 12.2. The molecule has 2 aromatic heterocycles. The van der Waals surface area contributed by atoms with Crippen LogP contribution in [0.4, 0.5) is 0 Å². The van der Waals surface area contributed by atoms with Gasteiger partial charge in [0, 0.05) is 32.3 Å². The first-order valence-corrected chi connectivity index (χ1v) is 11.4. The van der Waals surface area contributed by atoms with Crippen molar-refractivity contribution in [2.45, 2.75) is 32.4 Å². The molecule has 0 spiro atoms. The van der Waals surface area contributed by atoms with E-state index in [-0.39, 0.29) is 29.2 Å². The molecule has 1 aromatic carbocycles. The molecular weight excluding hydrogens is 444 g/mol. The molecule has 1 aliphatic rings. The zero-order valence-electron chi connectivity index (χ0n) is 18.9. The van der Waals surface area contributed by atoms with Crippen molar-refractivity contribution in [2.75, 3.05) is 27.4 Å². The van der Waals surface area contributed by atoms with E-state index in [1.807, 2.05) is 38.1 Å². The maximum atomic E-state index is 13.0. The number of carbonyl (C=O) groups excluding carboxylic acids is 1. The number of aromatic hydroxyl groups is 1. The summed E-state index contributed by atoms with van der Waals surface area (Å²) in [5.74, 6) is -0.183. The highest BCUT2D eigenvalue weighted by atomic mass is 32.1. The first-order chi connectivity index (χ1) is 15.8. The molecular formula is C23H26N4O5S. The van der Waals surface area contributed by atoms with Gasteiger partial charge in [-0.25, -0.2) is 0 Å². The van der Waals surface area contributed by atoms with Gasteiger partial charge >= 0.3 is 0 Å². The summed E-state index contributed by atoms with van der Waals surface area (Å²) in [6.45, 7) is 4.53. The number of hydrogen-bond donors (Lipinski definition) is 1. The summed E-state index contributed by atoms with van der Waals surface area (Å²) in [5.41, 5.74) is 0.585. The van der Waals surface area contributed by atoms with Gasteiger partial charge in [0.15, 0.2) is 16.5 Å². The molecule has 4 rings (SSSR count). The lowest BCUT2D eigenvalue weighted by Crippen LogP contribution is -2.48. The Kier molecular flexibility index (Phi) is 6.48. The Morgan fingerprint density at radius 1 is 1.18 bits per heavy atom. The fraction of sp³-hybridized carbons (Fsp3) is 0.391. The van der Waals surface area contributed by atoms with Crippen LogP contribution in [-0.4, -0.2) is 64.1 Å². The largest absolute Gasteiger partial charge is 0.503 e. The summed E-state index contributed by atoms with van der Waals surface area (Å²) in [6.07, 6.45) is 2.14. The van der Waals surface area contributed by atoms with E-state index in [1.165, 1.54) is 11.3 Å². The Balaban J connectivity index is 1.71. The molecule has 1 N–H and O–H groups in total. The Labute approximate surface area is 195 Å². The second-order valence-corrected chi connectivity index (χ2v) is 9.22. The molecule has 0 bridgehead atoms. The van der Waals surface area contributed by atoms with Crippen molar-refractivity contribution in [3.05, 3.63) is 57.0 Å². The molecule has 0 saturated heterocycles. The highest BCUT2D eigenvalue weighted by Crippen LogP contribution is 2.31. The number of ether oxygens (including phenoxy) is 2. The van der Waals surface area contributed by atoms with Gasteiger partial charge in [-0.15, -0.1) is 10.2 Å². The molecule has 1 atom stereocenters. The normalized spacial score (nSPS) is 15.7. The van der Waals surface area contributed by atoms with Gasteiger partial charge in [-0.3, -0.25) is 9.59 Å². The number of fused-ring (bicyclic) bond motifs is 1. The third-order valence-corrected chi connectivity index (χ3v) is 6.63. The number of rotatable bonds is 7. The van der Waals surface area contributed by atoms with E-state index in [0.717, 1.165) is 16.3 Å². The molecule has 3 heterocycles. The maximum Gasteiger partial charge on any atom is 0.274 e. The number of hydrogen-bond acceptors (Lipinski definition) is 8. The fourth-order valence-electron chi connectivity index (χ4n) is 3.93. The van der Waals surface area contributed by atoms with Crippen molar-refractivity contribution in [2.24, 2.45) is 0 Å². The Bertz CT molecular complexity index is 1220. The summed E-state index contributed by atoms with van der Waals surface area (Å²) in [4.78, 5) is 27.7. The number of pyridine rings is 1. The molecule has 33 heavy (non-hydrogen) atoms. The number of benzene rings is 1. The van der Waals surface area contributed by atoms with Crippen LogP contribution >= 0.6 is 11.3 Å². The first kappa shape index (κ1) is 22.9. The van der Waals surface area contributed by atoms with Crippen molar-refractivity contribution in [1.82, 2.24) is 19.7 Å². The molecule has 0 unspecified atom stereocenters. The average molecular weight is 471 g/mol. The highest BCUT2D eigenvalue weighted by molar-refractivity contribution is 7.14. The second kappa shape index (κ2) is 9.32. The Morgan fingerprint density at radius 2 is 1.91 bits per heavy atom. The third-order valence-electron chi connectivity index (χ3n) is 5.67. The molecule has 0 saturated carbocycles. The van der Waals surface area contributed by atoms with Crippen molar-refractivity contribution in [1.29, 1.82) is 0 Å². The van der Waals surface area contributed by atoms with Gasteiger partial charge in [0.25, 0.3) is 5.91 Å². The SMILES string of the molecule is COC[C@H]1CN(C(C)C)C(=O)c2c(O)c(=O)c(-c3nnc(Cc4ccc(OC)cc4)s3)cn21. The topological polar surface area (TPSA) is 107 Å². The zero-order chi connectivity index (χ0) is 23.7. The van der Waals surface area contributed by atoms with Crippen LogP contribution in [0, 0.1) is 0 Å². The van der Waals surface area contributed by atoms with E-state index in [0.29, 0.717) is 24.6 Å². The maximum absolute atomic E-state index is 13.0. The van der Waals surface area contributed by atoms with E-state index < -0.39 is 11.2 Å². The summed E-state index contributed by atoms with van der Waals surface area (Å²) >= 11 is 1.28. The van der Waals surface area contributed by atoms with Gasteiger partial charge in [0.2, 0.25) is 5.43 Å². The van der Waals surface area contributed by atoms with Crippen molar-refractivity contribution < 1.29 is 19.4 Å². The Hall–Kier alpha value is -3.24. The van der Waals surface area contributed by atoms with E-state index in [1.54, 1.807) is 29.9 Å². The lowest BCUT2D eigenvalue weighted by Gasteiger charge is -2.38. The van der Waals surface area contributed by atoms with Crippen LogP contribution < -0.4 is 10.2 Å². The summed E-state index contributed by atoms with van der Waals surface area (Å²) in [7, 11) is 3.19. The van der Waals surface area contributed by atoms with Crippen LogP contribution in [0.2, 0.25) is 0 Å². The van der Waals surface area contributed by atoms with Gasteiger partial charge in [0.1, 0.15) is 10.8 Å². The second-order valence-electron chi connectivity index (χ2n) is 8.16. The van der Waals surface area contributed by atoms with Crippen molar-refractivity contribution in [3.8, 4) is 22.1 Å². The quantitative estimate of drug-likeness (QED) is 0.566. The smallest absolute Gasteiger partial charge is 0.274 e. The molecule has 0 fully saturated rings. The van der Waals surface area contributed by atoms with E-state index >= 15 is 0 Å². The lowest BCUT2D eigenvalue weighted by molar-refractivity contribution is 0.0511. The first-order valence-electron chi connectivity index (χ1n) is 10.6. The summed E-state index contributed by atoms with van der Waals surface area (Å²) in [5, 5.41) is 20.3. The number of carbonyl (C=O) groups is 1. The van der Waals surface area contributed by atoms with E-state index in [2.05, 4.69) is 10.2 Å². The molecule has 1 amide bonds. The standard InChI is InChI=1S/C23H26N4O5S/c1-13(2)26-10-15(12-31-3)27-11-17(20(28)21(29)19(27)23(26)30)22-25-24-18(33-22)9-14-5-7-16(32-4)8-6-14/h5-8,11,13,15,29H,9-10,12H2,1-4H3/t15-/m1/s1. The molecule has 0 aliphatic carbocycles. The van der Waals surface area contributed by atoms with E-state index in [4.69, 9.17) is 9.47 Å². The molecule has 0 radical (unpaired) electrons. The molecule has 9 nitrogen and oxygen atoms in total. The van der Waals surface area contributed by atoms with Crippen LogP contribution in [0.3, 0.4) is 0 Å². The minimum absolute atomic E-state index is 0.0197. The fourth-order valence-corrected chi connectivity index (χ4v) is 4.81. The molecule has 174 valence electrons. The minimum atomic E-state index is -0.636. The van der Waals surface area contributed by atoms with E-state index in [9.17, 15) is 14.7 Å². The van der Waals surface area contributed by atoms with Gasteiger partial charge in [-0.2, -0.15) is 0 Å². The van der Waals surface area contributed by atoms with Crippen LogP contribution in [0.5, 0.6) is 11.5 Å². The third kappa shape index (κ3) is 4.36. The van der Waals surface area contributed by atoms with Gasteiger partial charge < -0.3 is 24.0 Å². The summed E-state index contributed by atoms with van der Waals surface area (Å²) in [6, 6.07) is 7.31. The Morgan fingerprint density at radius 3 is 2.55 bits per heavy atom. The average Bonchev–Trinajstić information content (AvgIpc) is 3.26. The van der Waals surface area contributed by atoms with Crippen LogP contribution in [0.1, 0.15) is 40.9 Å². The van der Waals surface area contributed by atoms with Crippen molar-refractivity contribution in [3.63, 3.8) is 0 Å². The molecule has 1 aliphatic heterocycles. The lowest BCUT2D eigenvalue weighted by atomic mass is 10.1. The number of aromatic nitrogens is 3. The van der Waals surface area contributed by atoms with Gasteiger partial charge in [-0.05, 0) is 31.5 Å². The minimum Gasteiger partial charge on any atom is -0.503 e. The monoisotopic (exact) mass is 470 g/mol. The number of amides is 1. The molecule has 10 heteroatoms. The van der Waals surface area contributed by atoms with Crippen LogP contribution in [0.15, 0.2) is 35.3 Å².